The Hall–Kier alpha value is -2.28. The molecule has 0 saturated carbocycles. The standard InChI is InChI=1S/C20H31N5O2/c1-2-21-20(25-14-9-17(15-25)24-12-3-4-13-24)23-11-10-22-19(27)16-5-7-18(26)8-6-16/h5-8,17,26H,2-4,9-15H2,1H3,(H,21,23)(H,22,27). The first kappa shape index (κ1) is 19.5. The van der Waals surface area contributed by atoms with E-state index in [1.165, 1.54) is 44.5 Å². The number of phenols is 1. The molecule has 3 N–H and O–H groups in total. The third-order valence-electron chi connectivity index (χ3n) is 5.24. The van der Waals surface area contributed by atoms with E-state index in [2.05, 4.69) is 27.4 Å². The summed E-state index contributed by atoms with van der Waals surface area (Å²) in [5, 5.41) is 15.5. The molecule has 0 aromatic heterocycles. The third kappa shape index (κ3) is 5.35. The maximum atomic E-state index is 12.1. The summed E-state index contributed by atoms with van der Waals surface area (Å²) in [5.74, 6) is 0.952. The van der Waals surface area contributed by atoms with Crippen molar-refractivity contribution in [3.63, 3.8) is 0 Å². The Morgan fingerprint density at radius 1 is 1.19 bits per heavy atom. The highest BCUT2D eigenvalue weighted by molar-refractivity contribution is 5.94. The van der Waals surface area contributed by atoms with E-state index in [1.807, 2.05) is 0 Å². The molecule has 1 aromatic rings. The Balaban J connectivity index is 1.47. The van der Waals surface area contributed by atoms with Gasteiger partial charge in [-0.1, -0.05) is 0 Å². The second-order valence-electron chi connectivity index (χ2n) is 7.17. The summed E-state index contributed by atoms with van der Waals surface area (Å²) in [6, 6.07) is 6.90. The van der Waals surface area contributed by atoms with Crippen molar-refractivity contribution in [3.8, 4) is 5.75 Å². The number of phenolic OH excluding ortho intramolecular Hbond substituents is 1. The van der Waals surface area contributed by atoms with Crippen LogP contribution in [0.15, 0.2) is 29.3 Å². The number of carbonyl (C=O) groups excluding carboxylic acids is 1. The number of likely N-dealkylation sites (tertiary alicyclic amines) is 2. The lowest BCUT2D eigenvalue weighted by molar-refractivity contribution is 0.0955. The normalized spacial score (nSPS) is 20.9. The Bertz CT molecular complexity index is 640. The van der Waals surface area contributed by atoms with Crippen LogP contribution in [0.25, 0.3) is 0 Å². The highest BCUT2D eigenvalue weighted by atomic mass is 16.3. The topological polar surface area (TPSA) is 80.2 Å². The van der Waals surface area contributed by atoms with E-state index in [4.69, 9.17) is 4.99 Å². The second kappa shape index (κ2) is 9.60. The first-order chi connectivity index (χ1) is 13.2. The van der Waals surface area contributed by atoms with Crippen LogP contribution in [0.5, 0.6) is 5.75 Å². The van der Waals surface area contributed by atoms with Crippen LogP contribution in [0.1, 0.15) is 36.5 Å². The van der Waals surface area contributed by atoms with Crippen molar-refractivity contribution < 1.29 is 9.90 Å². The molecule has 1 aromatic carbocycles. The van der Waals surface area contributed by atoms with Crippen LogP contribution in [0, 0.1) is 0 Å². The van der Waals surface area contributed by atoms with E-state index >= 15 is 0 Å². The van der Waals surface area contributed by atoms with Crippen LogP contribution in [-0.4, -0.2) is 78.6 Å². The number of carbonyl (C=O) groups is 1. The van der Waals surface area contributed by atoms with Gasteiger partial charge in [0.25, 0.3) is 5.91 Å². The summed E-state index contributed by atoms with van der Waals surface area (Å²) in [6.45, 7) is 8.47. The maximum Gasteiger partial charge on any atom is 0.251 e. The first-order valence-electron chi connectivity index (χ1n) is 10.0. The van der Waals surface area contributed by atoms with E-state index in [1.54, 1.807) is 12.1 Å². The van der Waals surface area contributed by atoms with Crippen LogP contribution in [0.3, 0.4) is 0 Å². The molecule has 1 atom stereocenters. The molecule has 1 amide bonds. The van der Waals surface area contributed by atoms with Crippen molar-refractivity contribution >= 4 is 11.9 Å². The third-order valence-corrected chi connectivity index (χ3v) is 5.24. The summed E-state index contributed by atoms with van der Waals surface area (Å²) < 4.78 is 0. The van der Waals surface area contributed by atoms with E-state index in [0.717, 1.165) is 25.6 Å². The second-order valence-corrected chi connectivity index (χ2v) is 7.17. The minimum absolute atomic E-state index is 0.148. The highest BCUT2D eigenvalue weighted by Crippen LogP contribution is 2.20. The number of benzene rings is 1. The summed E-state index contributed by atoms with van der Waals surface area (Å²) >= 11 is 0. The van der Waals surface area contributed by atoms with Gasteiger partial charge in [0.05, 0.1) is 6.54 Å². The summed E-state index contributed by atoms with van der Waals surface area (Å²) in [6.07, 6.45) is 3.85. The molecule has 2 fully saturated rings. The fourth-order valence-corrected chi connectivity index (χ4v) is 3.81. The van der Waals surface area contributed by atoms with Crippen molar-refractivity contribution in [2.75, 3.05) is 45.8 Å². The zero-order valence-electron chi connectivity index (χ0n) is 16.2. The Morgan fingerprint density at radius 3 is 2.63 bits per heavy atom. The molecule has 2 heterocycles. The largest absolute Gasteiger partial charge is 0.508 e. The number of guanidine groups is 1. The number of nitrogens with zero attached hydrogens (tertiary/aromatic N) is 3. The zero-order chi connectivity index (χ0) is 19.1. The number of hydrogen-bond acceptors (Lipinski definition) is 4. The molecule has 7 nitrogen and oxygen atoms in total. The van der Waals surface area contributed by atoms with Gasteiger partial charge in [-0.25, -0.2) is 0 Å². The van der Waals surface area contributed by atoms with Gasteiger partial charge < -0.3 is 20.6 Å². The Morgan fingerprint density at radius 2 is 1.93 bits per heavy atom. The van der Waals surface area contributed by atoms with Gasteiger partial charge in [-0.15, -0.1) is 0 Å². The van der Waals surface area contributed by atoms with Crippen LogP contribution in [-0.2, 0) is 0 Å². The van der Waals surface area contributed by atoms with Gasteiger partial charge in [0.2, 0.25) is 0 Å². The lowest BCUT2D eigenvalue weighted by Crippen LogP contribution is -2.43. The molecule has 2 saturated heterocycles. The van der Waals surface area contributed by atoms with E-state index in [9.17, 15) is 9.90 Å². The molecule has 0 radical (unpaired) electrons. The molecule has 1 unspecified atom stereocenters. The predicted molar refractivity (Wildman–Crippen MR) is 107 cm³/mol. The summed E-state index contributed by atoms with van der Waals surface area (Å²) in [4.78, 5) is 21.7. The average Bonchev–Trinajstić information content (AvgIpc) is 3.36. The van der Waals surface area contributed by atoms with Crippen molar-refractivity contribution in [1.82, 2.24) is 20.4 Å². The molecule has 0 bridgehead atoms. The fraction of sp³-hybridized carbons (Fsp3) is 0.600. The van der Waals surface area contributed by atoms with Crippen LogP contribution < -0.4 is 10.6 Å². The number of amides is 1. The van der Waals surface area contributed by atoms with Crippen LogP contribution >= 0.6 is 0 Å². The van der Waals surface area contributed by atoms with Gasteiger partial charge in [-0.3, -0.25) is 14.7 Å². The van der Waals surface area contributed by atoms with Gasteiger partial charge in [-0.2, -0.15) is 0 Å². The number of hydrogen-bond donors (Lipinski definition) is 3. The minimum atomic E-state index is -0.148. The quantitative estimate of drug-likeness (QED) is 0.397. The Kier molecular flexibility index (Phi) is 6.92. The fourth-order valence-electron chi connectivity index (χ4n) is 3.81. The lowest BCUT2D eigenvalue weighted by atomic mass is 10.2. The lowest BCUT2D eigenvalue weighted by Gasteiger charge is -2.25. The molecule has 148 valence electrons. The van der Waals surface area contributed by atoms with E-state index < -0.39 is 0 Å². The van der Waals surface area contributed by atoms with Gasteiger partial charge in [0.15, 0.2) is 5.96 Å². The zero-order valence-corrected chi connectivity index (χ0v) is 16.2. The maximum absolute atomic E-state index is 12.1. The van der Waals surface area contributed by atoms with Crippen molar-refractivity contribution in [2.24, 2.45) is 4.99 Å². The van der Waals surface area contributed by atoms with Crippen molar-refractivity contribution in [3.05, 3.63) is 29.8 Å². The van der Waals surface area contributed by atoms with Crippen LogP contribution in [0.4, 0.5) is 0 Å². The molecule has 0 aliphatic carbocycles. The molecular weight excluding hydrogens is 342 g/mol. The number of aliphatic imine (C=N–C) groups is 1. The van der Waals surface area contributed by atoms with E-state index in [0.29, 0.717) is 24.7 Å². The average molecular weight is 374 g/mol. The smallest absolute Gasteiger partial charge is 0.251 e. The molecule has 2 aliphatic heterocycles. The highest BCUT2D eigenvalue weighted by Gasteiger charge is 2.30. The molecular formula is C20H31N5O2. The predicted octanol–water partition coefficient (Wildman–Crippen LogP) is 1.26. The SMILES string of the molecule is CCNC(=NCCNC(=O)c1ccc(O)cc1)N1CCC(N2CCCC2)C1. The van der Waals surface area contributed by atoms with Gasteiger partial charge >= 0.3 is 0 Å². The Labute approximate surface area is 161 Å². The monoisotopic (exact) mass is 373 g/mol. The van der Waals surface area contributed by atoms with Crippen molar-refractivity contribution in [1.29, 1.82) is 0 Å². The summed E-state index contributed by atoms with van der Waals surface area (Å²) in [7, 11) is 0. The molecule has 27 heavy (non-hydrogen) atoms. The molecule has 2 aliphatic rings. The van der Waals surface area contributed by atoms with Gasteiger partial charge in [0, 0.05) is 37.8 Å². The van der Waals surface area contributed by atoms with E-state index in [-0.39, 0.29) is 11.7 Å². The first-order valence-corrected chi connectivity index (χ1v) is 10.0. The van der Waals surface area contributed by atoms with Crippen LogP contribution in [0.2, 0.25) is 0 Å². The minimum Gasteiger partial charge on any atom is -0.508 e. The summed E-state index contributed by atoms with van der Waals surface area (Å²) in [5.41, 5.74) is 0.539. The van der Waals surface area contributed by atoms with Gasteiger partial charge in [-0.05, 0) is 63.5 Å². The number of nitrogens with one attached hydrogen (secondary N) is 2. The molecule has 3 rings (SSSR count). The van der Waals surface area contributed by atoms with Gasteiger partial charge in [0.1, 0.15) is 5.75 Å². The number of aromatic hydroxyl groups is 1. The molecule has 7 heteroatoms. The van der Waals surface area contributed by atoms with Crippen molar-refractivity contribution in [2.45, 2.75) is 32.2 Å². The number of rotatable bonds is 6. The molecule has 0 spiro atoms.